The van der Waals surface area contributed by atoms with E-state index in [1.54, 1.807) is 11.3 Å². The van der Waals surface area contributed by atoms with E-state index in [-0.39, 0.29) is 11.9 Å². The molecule has 1 fully saturated rings. The second-order valence-electron chi connectivity index (χ2n) is 6.33. The zero-order valence-electron chi connectivity index (χ0n) is 14.1. The summed E-state index contributed by atoms with van der Waals surface area (Å²) in [5.41, 5.74) is 1.67. The van der Waals surface area contributed by atoms with Gasteiger partial charge in [-0.15, -0.1) is 11.3 Å². The number of carbonyl (C=O) groups excluding carboxylic acids is 1. The van der Waals surface area contributed by atoms with E-state index in [4.69, 9.17) is 4.42 Å². The number of oxazole rings is 1. The minimum Gasteiger partial charge on any atom is -0.441 e. The van der Waals surface area contributed by atoms with Gasteiger partial charge in [0, 0.05) is 17.0 Å². The lowest BCUT2D eigenvalue weighted by Gasteiger charge is -2.23. The van der Waals surface area contributed by atoms with Gasteiger partial charge in [0.15, 0.2) is 0 Å². The standard InChI is InChI=1S/C20H20N2O2S/c1-14-16(21-20(24-14)15-7-3-2-4-8-15)13-19(23)22-11-5-9-17(22)18-10-6-12-25-18/h2-4,6-8,10,12,17H,5,9,11,13H2,1H3. The van der Waals surface area contributed by atoms with Crippen LogP contribution in [0, 0.1) is 6.92 Å². The van der Waals surface area contributed by atoms with Gasteiger partial charge in [-0.25, -0.2) is 4.98 Å². The molecular formula is C20H20N2O2S. The third kappa shape index (κ3) is 3.24. The summed E-state index contributed by atoms with van der Waals surface area (Å²) in [7, 11) is 0. The van der Waals surface area contributed by atoms with Gasteiger partial charge >= 0.3 is 0 Å². The molecule has 1 amide bonds. The summed E-state index contributed by atoms with van der Waals surface area (Å²) in [4.78, 5) is 20.7. The number of benzene rings is 1. The Bertz CT molecular complexity index is 855. The molecule has 4 rings (SSSR count). The van der Waals surface area contributed by atoms with E-state index in [1.807, 2.05) is 42.2 Å². The van der Waals surface area contributed by atoms with Crippen LogP contribution < -0.4 is 0 Å². The van der Waals surface area contributed by atoms with Gasteiger partial charge < -0.3 is 9.32 Å². The first kappa shape index (κ1) is 16.1. The zero-order chi connectivity index (χ0) is 17.2. The average Bonchev–Trinajstić information content (AvgIpc) is 3.36. The van der Waals surface area contributed by atoms with E-state index < -0.39 is 0 Å². The molecule has 1 aromatic carbocycles. The van der Waals surface area contributed by atoms with Crippen molar-refractivity contribution in [2.24, 2.45) is 0 Å². The molecule has 25 heavy (non-hydrogen) atoms. The molecule has 1 atom stereocenters. The highest BCUT2D eigenvalue weighted by atomic mass is 32.1. The summed E-state index contributed by atoms with van der Waals surface area (Å²) in [6.45, 7) is 2.70. The van der Waals surface area contributed by atoms with Gasteiger partial charge in [-0.1, -0.05) is 24.3 Å². The lowest BCUT2D eigenvalue weighted by molar-refractivity contribution is -0.131. The highest BCUT2D eigenvalue weighted by Gasteiger charge is 2.31. The van der Waals surface area contributed by atoms with Crippen LogP contribution in [0.15, 0.2) is 52.3 Å². The summed E-state index contributed by atoms with van der Waals surface area (Å²) >= 11 is 1.72. The van der Waals surface area contributed by atoms with Crippen molar-refractivity contribution in [1.29, 1.82) is 0 Å². The van der Waals surface area contributed by atoms with Crippen molar-refractivity contribution in [2.75, 3.05) is 6.54 Å². The average molecular weight is 352 g/mol. The maximum Gasteiger partial charge on any atom is 0.229 e. The summed E-state index contributed by atoms with van der Waals surface area (Å²) in [5.74, 6) is 1.43. The minimum atomic E-state index is 0.131. The van der Waals surface area contributed by atoms with Gasteiger partial charge in [0.25, 0.3) is 0 Å². The molecule has 3 aromatic rings. The van der Waals surface area contributed by atoms with Crippen molar-refractivity contribution in [3.05, 3.63) is 64.2 Å². The molecule has 4 nitrogen and oxygen atoms in total. The van der Waals surface area contributed by atoms with Gasteiger partial charge in [0.05, 0.1) is 18.2 Å². The molecular weight excluding hydrogens is 332 g/mol. The number of nitrogens with zero attached hydrogens (tertiary/aromatic N) is 2. The van der Waals surface area contributed by atoms with Crippen LogP contribution in [0.2, 0.25) is 0 Å². The second kappa shape index (κ2) is 6.84. The van der Waals surface area contributed by atoms with E-state index in [1.165, 1.54) is 4.88 Å². The van der Waals surface area contributed by atoms with Crippen molar-refractivity contribution in [2.45, 2.75) is 32.2 Å². The van der Waals surface area contributed by atoms with Crippen LogP contribution in [0.5, 0.6) is 0 Å². The number of amides is 1. The van der Waals surface area contributed by atoms with Gasteiger partial charge in [-0.3, -0.25) is 4.79 Å². The fourth-order valence-electron chi connectivity index (χ4n) is 3.38. The molecule has 0 aliphatic carbocycles. The molecule has 0 radical (unpaired) electrons. The fraction of sp³-hybridized carbons (Fsp3) is 0.300. The topological polar surface area (TPSA) is 46.3 Å². The third-order valence-corrected chi connectivity index (χ3v) is 5.65. The van der Waals surface area contributed by atoms with E-state index in [0.29, 0.717) is 12.3 Å². The van der Waals surface area contributed by atoms with E-state index in [2.05, 4.69) is 22.5 Å². The Labute approximate surface area is 151 Å². The first-order valence-electron chi connectivity index (χ1n) is 8.57. The first-order valence-corrected chi connectivity index (χ1v) is 9.45. The highest BCUT2D eigenvalue weighted by molar-refractivity contribution is 7.10. The van der Waals surface area contributed by atoms with Crippen molar-refractivity contribution >= 4 is 17.2 Å². The van der Waals surface area contributed by atoms with E-state index in [9.17, 15) is 4.79 Å². The van der Waals surface area contributed by atoms with Gasteiger partial charge in [-0.2, -0.15) is 0 Å². The van der Waals surface area contributed by atoms with Crippen molar-refractivity contribution in [3.8, 4) is 11.5 Å². The normalized spacial score (nSPS) is 17.2. The number of thiophene rings is 1. The summed E-state index contributed by atoms with van der Waals surface area (Å²) in [6.07, 6.45) is 2.39. The molecule has 1 unspecified atom stereocenters. The zero-order valence-corrected chi connectivity index (χ0v) is 15.0. The molecule has 1 aliphatic rings. The van der Waals surface area contributed by atoms with Crippen LogP contribution in [-0.4, -0.2) is 22.3 Å². The summed E-state index contributed by atoms with van der Waals surface area (Å²) < 4.78 is 5.78. The Balaban J connectivity index is 1.52. The van der Waals surface area contributed by atoms with E-state index >= 15 is 0 Å². The van der Waals surface area contributed by atoms with Crippen LogP contribution in [0.3, 0.4) is 0 Å². The molecule has 1 saturated heterocycles. The molecule has 1 aliphatic heterocycles. The molecule has 2 aromatic heterocycles. The number of hydrogen-bond acceptors (Lipinski definition) is 4. The number of likely N-dealkylation sites (tertiary alicyclic amines) is 1. The summed E-state index contributed by atoms with van der Waals surface area (Å²) in [6, 6.07) is 14.2. The van der Waals surface area contributed by atoms with Gasteiger partial charge in [0.1, 0.15) is 5.76 Å². The molecule has 0 saturated carbocycles. The second-order valence-corrected chi connectivity index (χ2v) is 7.30. The molecule has 128 valence electrons. The maximum absolute atomic E-state index is 12.9. The molecule has 5 heteroatoms. The fourth-order valence-corrected chi connectivity index (χ4v) is 4.26. The smallest absolute Gasteiger partial charge is 0.229 e. The Hall–Kier alpha value is -2.40. The van der Waals surface area contributed by atoms with Crippen LogP contribution in [0.25, 0.3) is 11.5 Å². The number of aromatic nitrogens is 1. The Morgan fingerprint density at radius 3 is 2.88 bits per heavy atom. The predicted octanol–water partition coefficient (Wildman–Crippen LogP) is 4.62. The molecule has 3 heterocycles. The quantitative estimate of drug-likeness (QED) is 0.688. The predicted molar refractivity (Wildman–Crippen MR) is 98.4 cm³/mol. The Morgan fingerprint density at radius 1 is 1.28 bits per heavy atom. The number of carbonyl (C=O) groups is 1. The van der Waals surface area contributed by atoms with Crippen molar-refractivity contribution in [1.82, 2.24) is 9.88 Å². The Morgan fingerprint density at radius 2 is 2.12 bits per heavy atom. The lowest BCUT2D eigenvalue weighted by Crippen LogP contribution is -2.31. The summed E-state index contributed by atoms with van der Waals surface area (Å²) in [5, 5.41) is 2.07. The van der Waals surface area contributed by atoms with Crippen molar-refractivity contribution in [3.63, 3.8) is 0 Å². The maximum atomic E-state index is 12.9. The lowest BCUT2D eigenvalue weighted by atomic mass is 10.1. The van der Waals surface area contributed by atoms with Crippen LogP contribution >= 0.6 is 11.3 Å². The van der Waals surface area contributed by atoms with Gasteiger partial charge in [0.2, 0.25) is 11.8 Å². The number of rotatable bonds is 4. The molecule has 0 spiro atoms. The Kier molecular flexibility index (Phi) is 4.40. The first-order chi connectivity index (χ1) is 12.2. The number of aryl methyl sites for hydroxylation is 1. The molecule has 0 bridgehead atoms. The molecule has 0 N–H and O–H groups in total. The SMILES string of the molecule is Cc1oc(-c2ccccc2)nc1CC(=O)N1CCCC1c1cccs1. The largest absolute Gasteiger partial charge is 0.441 e. The van der Waals surface area contributed by atoms with Crippen LogP contribution in [0.4, 0.5) is 0 Å². The van der Waals surface area contributed by atoms with E-state index in [0.717, 1.165) is 36.4 Å². The van der Waals surface area contributed by atoms with Crippen molar-refractivity contribution < 1.29 is 9.21 Å². The van der Waals surface area contributed by atoms with Gasteiger partial charge in [-0.05, 0) is 43.3 Å². The van der Waals surface area contributed by atoms with Crippen LogP contribution in [0.1, 0.15) is 35.2 Å². The minimum absolute atomic E-state index is 0.131. The monoisotopic (exact) mass is 352 g/mol. The third-order valence-electron chi connectivity index (χ3n) is 4.68. The van der Waals surface area contributed by atoms with Crippen LogP contribution in [-0.2, 0) is 11.2 Å². The number of hydrogen-bond donors (Lipinski definition) is 0. The highest BCUT2D eigenvalue weighted by Crippen LogP contribution is 2.35.